The van der Waals surface area contributed by atoms with Crippen LogP contribution in [0.3, 0.4) is 0 Å². The molecule has 0 aromatic heterocycles. The fraction of sp³-hybridized carbons (Fsp3) is 1.00. The number of nitrogens with zero attached hydrogens (tertiary/aromatic N) is 1. The average Bonchev–Trinajstić information content (AvgIpc) is 2.74. The third-order valence-corrected chi connectivity index (χ3v) is 3.77. The summed E-state index contributed by atoms with van der Waals surface area (Å²) >= 11 is 0. The summed E-state index contributed by atoms with van der Waals surface area (Å²) in [5.74, 6) is 0. The predicted octanol–water partition coefficient (Wildman–Crippen LogP) is 2.27. The first kappa shape index (κ1) is 14.9. The summed E-state index contributed by atoms with van der Waals surface area (Å²) in [5.41, 5.74) is 0. The van der Waals surface area contributed by atoms with Crippen molar-refractivity contribution in [2.45, 2.75) is 58.1 Å². The van der Waals surface area contributed by atoms with Crippen molar-refractivity contribution in [3.63, 3.8) is 0 Å². The van der Waals surface area contributed by atoms with Crippen LogP contribution in [0.2, 0.25) is 0 Å². The van der Waals surface area contributed by atoms with E-state index in [-0.39, 0.29) is 0 Å². The summed E-state index contributed by atoms with van der Waals surface area (Å²) in [5, 5.41) is 3.37. The van der Waals surface area contributed by atoms with Crippen LogP contribution in [0.5, 0.6) is 0 Å². The summed E-state index contributed by atoms with van der Waals surface area (Å²) < 4.78 is 5.61. The molecule has 0 radical (unpaired) electrons. The topological polar surface area (TPSA) is 24.5 Å². The molecular formula is C14H30N2O. The van der Waals surface area contributed by atoms with E-state index in [1.54, 1.807) is 0 Å². The molecule has 0 aromatic carbocycles. The van der Waals surface area contributed by atoms with Crippen LogP contribution < -0.4 is 5.32 Å². The molecule has 0 bridgehead atoms. The van der Waals surface area contributed by atoms with E-state index >= 15 is 0 Å². The molecule has 0 amide bonds. The van der Waals surface area contributed by atoms with Crippen LogP contribution in [-0.2, 0) is 4.74 Å². The zero-order chi connectivity index (χ0) is 12.5. The Hall–Kier alpha value is -0.120. The molecule has 1 rings (SSSR count). The van der Waals surface area contributed by atoms with Gasteiger partial charge in [0, 0.05) is 12.6 Å². The number of ether oxygens (including phenoxy) is 1. The SMILES string of the molecule is CCNCCCCCCN(C)C1CCOC1C. The molecule has 0 aliphatic carbocycles. The fourth-order valence-corrected chi connectivity index (χ4v) is 2.61. The van der Waals surface area contributed by atoms with Gasteiger partial charge in [0.25, 0.3) is 0 Å². The number of unbranched alkanes of at least 4 members (excludes halogenated alkanes) is 3. The molecule has 1 N–H and O–H groups in total. The molecule has 1 saturated heterocycles. The van der Waals surface area contributed by atoms with Crippen LogP contribution in [-0.4, -0.2) is 50.3 Å². The maximum atomic E-state index is 5.61. The van der Waals surface area contributed by atoms with E-state index in [0.29, 0.717) is 12.1 Å². The van der Waals surface area contributed by atoms with Gasteiger partial charge in [0.15, 0.2) is 0 Å². The summed E-state index contributed by atoms with van der Waals surface area (Å²) in [4.78, 5) is 2.49. The van der Waals surface area contributed by atoms with Gasteiger partial charge < -0.3 is 15.0 Å². The van der Waals surface area contributed by atoms with E-state index in [9.17, 15) is 0 Å². The summed E-state index contributed by atoms with van der Waals surface area (Å²) in [6.45, 7) is 8.81. The van der Waals surface area contributed by atoms with Crippen molar-refractivity contribution < 1.29 is 4.74 Å². The molecule has 3 heteroatoms. The molecule has 1 fully saturated rings. The lowest BCUT2D eigenvalue weighted by Gasteiger charge is -2.26. The van der Waals surface area contributed by atoms with Crippen molar-refractivity contribution >= 4 is 0 Å². The summed E-state index contributed by atoms with van der Waals surface area (Å²) in [7, 11) is 2.24. The molecular weight excluding hydrogens is 212 g/mol. The van der Waals surface area contributed by atoms with Crippen molar-refractivity contribution in [2.24, 2.45) is 0 Å². The van der Waals surface area contributed by atoms with E-state index in [1.165, 1.54) is 45.2 Å². The third kappa shape index (κ3) is 5.84. The fourth-order valence-electron chi connectivity index (χ4n) is 2.61. The van der Waals surface area contributed by atoms with Gasteiger partial charge in [-0.3, -0.25) is 0 Å². The van der Waals surface area contributed by atoms with Crippen molar-refractivity contribution in [1.82, 2.24) is 10.2 Å². The molecule has 1 heterocycles. The number of likely N-dealkylation sites (N-methyl/N-ethyl adjacent to an activating group) is 1. The Balaban J connectivity index is 1.95. The predicted molar refractivity (Wildman–Crippen MR) is 73.5 cm³/mol. The average molecular weight is 242 g/mol. The molecule has 3 nitrogen and oxygen atoms in total. The molecule has 0 saturated carbocycles. The van der Waals surface area contributed by atoms with E-state index < -0.39 is 0 Å². The van der Waals surface area contributed by atoms with Gasteiger partial charge >= 0.3 is 0 Å². The van der Waals surface area contributed by atoms with Crippen molar-refractivity contribution in [3.05, 3.63) is 0 Å². The van der Waals surface area contributed by atoms with Gasteiger partial charge in [0.1, 0.15) is 0 Å². The van der Waals surface area contributed by atoms with E-state index in [4.69, 9.17) is 4.74 Å². The minimum absolute atomic E-state index is 0.425. The third-order valence-electron chi connectivity index (χ3n) is 3.77. The van der Waals surface area contributed by atoms with Gasteiger partial charge in [-0.15, -0.1) is 0 Å². The normalized spacial score (nSPS) is 24.7. The Kier molecular flexibility index (Phi) is 7.82. The Morgan fingerprint density at radius 2 is 2.00 bits per heavy atom. The second-order valence-corrected chi connectivity index (χ2v) is 5.18. The Morgan fingerprint density at radius 1 is 1.24 bits per heavy atom. The van der Waals surface area contributed by atoms with Crippen LogP contribution in [0, 0.1) is 0 Å². The molecule has 2 atom stereocenters. The first-order valence-electron chi connectivity index (χ1n) is 7.28. The van der Waals surface area contributed by atoms with Crippen molar-refractivity contribution in [1.29, 1.82) is 0 Å². The zero-order valence-electron chi connectivity index (χ0n) is 11.9. The van der Waals surface area contributed by atoms with E-state index in [0.717, 1.165) is 13.2 Å². The minimum atomic E-state index is 0.425. The first-order chi connectivity index (χ1) is 8.25. The maximum Gasteiger partial charge on any atom is 0.0702 e. The highest BCUT2D eigenvalue weighted by atomic mass is 16.5. The van der Waals surface area contributed by atoms with Crippen molar-refractivity contribution in [3.8, 4) is 0 Å². The standard InChI is InChI=1S/C14H30N2O/c1-4-15-10-7-5-6-8-11-16(3)14-9-12-17-13(14)2/h13-15H,4-12H2,1-3H3. The Labute approximate surface area is 107 Å². The van der Waals surface area contributed by atoms with Gasteiger partial charge in [-0.1, -0.05) is 19.8 Å². The van der Waals surface area contributed by atoms with Gasteiger partial charge in [-0.2, -0.15) is 0 Å². The molecule has 1 aliphatic rings. The molecule has 17 heavy (non-hydrogen) atoms. The van der Waals surface area contributed by atoms with E-state index in [1.807, 2.05) is 0 Å². The van der Waals surface area contributed by atoms with Crippen LogP contribution in [0.4, 0.5) is 0 Å². The number of hydrogen-bond donors (Lipinski definition) is 1. The maximum absolute atomic E-state index is 5.61. The van der Waals surface area contributed by atoms with Crippen LogP contribution in [0.25, 0.3) is 0 Å². The second kappa shape index (κ2) is 8.90. The number of rotatable bonds is 9. The number of hydrogen-bond acceptors (Lipinski definition) is 3. The largest absolute Gasteiger partial charge is 0.377 e. The lowest BCUT2D eigenvalue weighted by Crippen LogP contribution is -2.37. The Morgan fingerprint density at radius 3 is 2.65 bits per heavy atom. The van der Waals surface area contributed by atoms with Crippen LogP contribution >= 0.6 is 0 Å². The lowest BCUT2D eigenvalue weighted by molar-refractivity contribution is 0.0831. The van der Waals surface area contributed by atoms with Crippen molar-refractivity contribution in [2.75, 3.05) is 33.3 Å². The molecule has 102 valence electrons. The van der Waals surface area contributed by atoms with Gasteiger partial charge in [-0.25, -0.2) is 0 Å². The van der Waals surface area contributed by atoms with Crippen LogP contribution in [0.15, 0.2) is 0 Å². The minimum Gasteiger partial charge on any atom is -0.377 e. The monoisotopic (exact) mass is 242 g/mol. The highest BCUT2D eigenvalue weighted by molar-refractivity contribution is 4.80. The van der Waals surface area contributed by atoms with Gasteiger partial charge in [0.2, 0.25) is 0 Å². The van der Waals surface area contributed by atoms with Crippen LogP contribution in [0.1, 0.15) is 46.0 Å². The number of nitrogens with one attached hydrogen (secondary N) is 1. The molecule has 0 aromatic rings. The quantitative estimate of drug-likeness (QED) is 0.628. The van der Waals surface area contributed by atoms with Gasteiger partial charge in [0.05, 0.1) is 6.10 Å². The first-order valence-corrected chi connectivity index (χ1v) is 7.28. The van der Waals surface area contributed by atoms with E-state index in [2.05, 4.69) is 31.1 Å². The highest BCUT2D eigenvalue weighted by Gasteiger charge is 2.27. The zero-order valence-corrected chi connectivity index (χ0v) is 11.9. The summed E-state index contributed by atoms with van der Waals surface area (Å²) in [6, 6.07) is 0.650. The molecule has 1 aliphatic heterocycles. The lowest BCUT2D eigenvalue weighted by atomic mass is 10.1. The highest BCUT2D eigenvalue weighted by Crippen LogP contribution is 2.18. The second-order valence-electron chi connectivity index (χ2n) is 5.18. The summed E-state index contributed by atoms with van der Waals surface area (Å²) in [6.07, 6.45) is 6.99. The van der Waals surface area contributed by atoms with Gasteiger partial charge in [-0.05, 0) is 52.9 Å². The molecule has 0 spiro atoms. The molecule has 2 unspecified atom stereocenters. The smallest absolute Gasteiger partial charge is 0.0702 e. The Bertz CT molecular complexity index is 187.